The summed E-state index contributed by atoms with van der Waals surface area (Å²) in [6.07, 6.45) is 3.11. The van der Waals surface area contributed by atoms with E-state index in [4.69, 9.17) is 23.2 Å². The van der Waals surface area contributed by atoms with Crippen LogP contribution in [0.4, 0.5) is 0 Å². The zero-order chi connectivity index (χ0) is 12.3. The maximum absolute atomic E-state index is 10.8. The van der Waals surface area contributed by atoms with E-state index in [-0.39, 0.29) is 5.92 Å². The van der Waals surface area contributed by atoms with Gasteiger partial charge in [0, 0.05) is 34.6 Å². The number of aldehydes is 1. The van der Waals surface area contributed by atoms with E-state index in [1.807, 2.05) is 18.2 Å². The molecule has 1 aromatic carbocycles. The fourth-order valence-corrected chi connectivity index (χ4v) is 2.77. The molecule has 2 nitrogen and oxygen atoms in total. The predicted octanol–water partition coefficient (Wildman–Crippen LogP) is 3.40. The number of benzene rings is 1. The van der Waals surface area contributed by atoms with Crippen LogP contribution < -0.4 is 0 Å². The second-order valence-corrected chi connectivity index (χ2v) is 5.29. The first-order valence-corrected chi connectivity index (χ1v) is 6.57. The summed E-state index contributed by atoms with van der Waals surface area (Å²) in [6.45, 7) is 2.54. The van der Waals surface area contributed by atoms with E-state index in [1.54, 1.807) is 0 Å². The van der Waals surface area contributed by atoms with Gasteiger partial charge in [0.15, 0.2) is 0 Å². The molecule has 0 aliphatic carbocycles. The Hall–Kier alpha value is -0.570. The van der Waals surface area contributed by atoms with Crippen molar-refractivity contribution in [2.75, 3.05) is 13.1 Å². The van der Waals surface area contributed by atoms with Crippen LogP contribution in [0.25, 0.3) is 0 Å². The SMILES string of the molecule is O=CC1CCCN(Cc2c(Cl)cccc2Cl)C1. The molecule has 2 rings (SSSR count). The second-order valence-electron chi connectivity index (χ2n) is 4.47. The van der Waals surface area contributed by atoms with E-state index >= 15 is 0 Å². The van der Waals surface area contributed by atoms with Gasteiger partial charge in [-0.2, -0.15) is 0 Å². The Morgan fingerprint density at radius 3 is 2.71 bits per heavy atom. The van der Waals surface area contributed by atoms with Gasteiger partial charge in [-0.05, 0) is 31.5 Å². The van der Waals surface area contributed by atoms with Crippen LogP contribution in [0.5, 0.6) is 0 Å². The lowest BCUT2D eigenvalue weighted by Crippen LogP contribution is -2.35. The van der Waals surface area contributed by atoms with Crippen molar-refractivity contribution in [1.82, 2.24) is 4.90 Å². The first kappa shape index (κ1) is 12.9. The molecule has 92 valence electrons. The molecule has 1 heterocycles. The van der Waals surface area contributed by atoms with Crippen molar-refractivity contribution in [3.63, 3.8) is 0 Å². The maximum Gasteiger partial charge on any atom is 0.124 e. The molecule has 17 heavy (non-hydrogen) atoms. The average Bonchev–Trinajstić information content (AvgIpc) is 2.34. The normalized spacial score (nSPS) is 21.4. The van der Waals surface area contributed by atoms with Crippen molar-refractivity contribution in [1.29, 1.82) is 0 Å². The largest absolute Gasteiger partial charge is 0.303 e. The Morgan fingerprint density at radius 2 is 2.06 bits per heavy atom. The molecular formula is C13H15Cl2NO. The van der Waals surface area contributed by atoms with E-state index < -0.39 is 0 Å². The van der Waals surface area contributed by atoms with Gasteiger partial charge in [0.2, 0.25) is 0 Å². The van der Waals surface area contributed by atoms with Gasteiger partial charge in [-0.25, -0.2) is 0 Å². The Kier molecular flexibility index (Phi) is 4.43. The number of likely N-dealkylation sites (tertiary alicyclic amines) is 1. The smallest absolute Gasteiger partial charge is 0.124 e. The summed E-state index contributed by atoms with van der Waals surface area (Å²) in [4.78, 5) is 13.1. The van der Waals surface area contributed by atoms with E-state index in [0.29, 0.717) is 10.0 Å². The minimum Gasteiger partial charge on any atom is -0.303 e. The number of rotatable bonds is 3. The molecule has 1 saturated heterocycles. The van der Waals surface area contributed by atoms with Gasteiger partial charge < -0.3 is 4.79 Å². The summed E-state index contributed by atoms with van der Waals surface area (Å²) in [5.74, 6) is 0.157. The number of carbonyl (C=O) groups is 1. The number of halogens is 2. The minimum atomic E-state index is 0.157. The molecule has 0 N–H and O–H groups in total. The lowest BCUT2D eigenvalue weighted by Gasteiger charge is -2.30. The molecule has 0 saturated carbocycles. The van der Waals surface area contributed by atoms with E-state index in [0.717, 1.165) is 44.3 Å². The lowest BCUT2D eigenvalue weighted by atomic mass is 9.99. The number of piperidine rings is 1. The minimum absolute atomic E-state index is 0.157. The summed E-state index contributed by atoms with van der Waals surface area (Å²) in [6, 6.07) is 5.55. The van der Waals surface area contributed by atoms with Crippen LogP contribution in [0.1, 0.15) is 18.4 Å². The molecule has 0 amide bonds. The Morgan fingerprint density at radius 1 is 1.35 bits per heavy atom. The first-order valence-electron chi connectivity index (χ1n) is 5.81. The lowest BCUT2D eigenvalue weighted by molar-refractivity contribution is -0.112. The summed E-state index contributed by atoms with van der Waals surface area (Å²) in [5.41, 5.74) is 0.961. The highest BCUT2D eigenvalue weighted by atomic mass is 35.5. The van der Waals surface area contributed by atoms with Crippen molar-refractivity contribution in [2.24, 2.45) is 5.92 Å². The van der Waals surface area contributed by atoms with E-state index in [1.165, 1.54) is 0 Å². The van der Waals surface area contributed by atoms with Crippen molar-refractivity contribution in [3.8, 4) is 0 Å². The van der Waals surface area contributed by atoms with Gasteiger partial charge >= 0.3 is 0 Å². The molecule has 0 aromatic heterocycles. The number of carbonyl (C=O) groups excluding carboxylic acids is 1. The average molecular weight is 272 g/mol. The second kappa shape index (κ2) is 5.85. The van der Waals surface area contributed by atoms with Crippen molar-refractivity contribution in [3.05, 3.63) is 33.8 Å². The van der Waals surface area contributed by atoms with Crippen molar-refractivity contribution < 1.29 is 4.79 Å². The summed E-state index contributed by atoms with van der Waals surface area (Å²) in [7, 11) is 0. The molecule has 1 aromatic rings. The molecule has 1 aliphatic heterocycles. The van der Waals surface area contributed by atoms with Crippen LogP contribution in [-0.2, 0) is 11.3 Å². The van der Waals surface area contributed by atoms with Gasteiger partial charge in [-0.15, -0.1) is 0 Å². The third-order valence-corrected chi connectivity index (χ3v) is 3.89. The van der Waals surface area contributed by atoms with Crippen molar-refractivity contribution in [2.45, 2.75) is 19.4 Å². The molecule has 1 atom stereocenters. The van der Waals surface area contributed by atoms with Crippen LogP contribution in [0.3, 0.4) is 0 Å². The third-order valence-electron chi connectivity index (χ3n) is 3.18. The molecule has 1 aliphatic rings. The number of hydrogen-bond donors (Lipinski definition) is 0. The molecular weight excluding hydrogens is 257 g/mol. The first-order chi connectivity index (χ1) is 8.20. The molecule has 4 heteroatoms. The number of nitrogens with zero attached hydrogens (tertiary/aromatic N) is 1. The van der Waals surface area contributed by atoms with Gasteiger partial charge in [0.25, 0.3) is 0 Å². The summed E-state index contributed by atoms with van der Waals surface area (Å²) in [5, 5.41) is 1.40. The Bertz CT molecular complexity index is 388. The van der Waals surface area contributed by atoms with Gasteiger partial charge in [0.05, 0.1) is 0 Å². The number of hydrogen-bond acceptors (Lipinski definition) is 2. The monoisotopic (exact) mass is 271 g/mol. The highest BCUT2D eigenvalue weighted by Gasteiger charge is 2.20. The molecule has 1 unspecified atom stereocenters. The topological polar surface area (TPSA) is 20.3 Å². The predicted molar refractivity (Wildman–Crippen MR) is 70.5 cm³/mol. The highest BCUT2D eigenvalue weighted by Crippen LogP contribution is 2.27. The molecule has 0 spiro atoms. The summed E-state index contributed by atoms with van der Waals surface area (Å²) < 4.78 is 0. The van der Waals surface area contributed by atoms with E-state index in [2.05, 4.69) is 4.90 Å². The van der Waals surface area contributed by atoms with Crippen molar-refractivity contribution >= 4 is 29.5 Å². The fourth-order valence-electron chi connectivity index (χ4n) is 2.25. The van der Waals surface area contributed by atoms with Crippen LogP contribution in [-0.4, -0.2) is 24.3 Å². The quantitative estimate of drug-likeness (QED) is 0.786. The van der Waals surface area contributed by atoms with E-state index in [9.17, 15) is 4.79 Å². The van der Waals surface area contributed by atoms with Crippen LogP contribution in [0.15, 0.2) is 18.2 Å². The van der Waals surface area contributed by atoms with Crippen LogP contribution in [0.2, 0.25) is 10.0 Å². The zero-order valence-corrected chi connectivity index (χ0v) is 11.0. The maximum atomic E-state index is 10.8. The molecule has 0 bridgehead atoms. The van der Waals surface area contributed by atoms with Crippen LogP contribution >= 0.6 is 23.2 Å². The third kappa shape index (κ3) is 3.21. The molecule has 1 fully saturated rings. The van der Waals surface area contributed by atoms with Crippen LogP contribution in [0, 0.1) is 5.92 Å². The Balaban J connectivity index is 2.07. The van der Waals surface area contributed by atoms with Gasteiger partial charge in [0.1, 0.15) is 6.29 Å². The fraction of sp³-hybridized carbons (Fsp3) is 0.462. The van der Waals surface area contributed by atoms with Gasteiger partial charge in [-0.3, -0.25) is 4.90 Å². The molecule has 0 radical (unpaired) electrons. The zero-order valence-electron chi connectivity index (χ0n) is 9.53. The standard InChI is InChI=1S/C13H15Cl2NO/c14-12-4-1-5-13(15)11(12)8-16-6-2-3-10(7-16)9-17/h1,4-5,9-10H,2-3,6-8H2. The Labute approximate surface area is 112 Å². The highest BCUT2D eigenvalue weighted by molar-refractivity contribution is 6.35. The van der Waals surface area contributed by atoms with Gasteiger partial charge in [-0.1, -0.05) is 29.3 Å². The summed E-state index contributed by atoms with van der Waals surface area (Å²) >= 11 is 12.3.